The van der Waals surface area contributed by atoms with Gasteiger partial charge in [-0.1, -0.05) is 42.5 Å². The summed E-state index contributed by atoms with van der Waals surface area (Å²) in [5, 5.41) is 7.26. The molecule has 0 radical (unpaired) electrons. The first-order valence-corrected chi connectivity index (χ1v) is 10.0. The molecule has 0 unspecified atom stereocenters. The van der Waals surface area contributed by atoms with E-state index in [2.05, 4.69) is 27.0 Å². The number of amides is 1. The molecule has 0 saturated carbocycles. The van der Waals surface area contributed by atoms with Gasteiger partial charge in [0.05, 0.1) is 5.56 Å². The van der Waals surface area contributed by atoms with E-state index >= 15 is 0 Å². The van der Waals surface area contributed by atoms with Crippen LogP contribution < -0.4 is 10.1 Å². The molecule has 4 nitrogen and oxygen atoms in total. The van der Waals surface area contributed by atoms with Gasteiger partial charge in [-0.05, 0) is 40.1 Å². The number of nitrogens with one attached hydrogen (secondary N) is 1. The number of hydrogen-bond acceptors (Lipinski definition) is 4. The second kappa shape index (κ2) is 8.37. The van der Waals surface area contributed by atoms with Crippen LogP contribution in [0.25, 0.3) is 0 Å². The van der Waals surface area contributed by atoms with E-state index in [4.69, 9.17) is 4.74 Å². The summed E-state index contributed by atoms with van der Waals surface area (Å²) in [4.78, 5) is 15.0. The second-order valence-corrected chi connectivity index (χ2v) is 7.51. The topological polar surface area (TPSA) is 41.6 Å². The molecule has 1 aliphatic heterocycles. The van der Waals surface area contributed by atoms with E-state index in [1.165, 1.54) is 5.56 Å². The molecule has 1 fully saturated rings. The fraction of sp³-hybridized carbons (Fsp3) is 0.227. The van der Waals surface area contributed by atoms with Crippen LogP contribution in [0.15, 0.2) is 71.4 Å². The van der Waals surface area contributed by atoms with Crippen molar-refractivity contribution in [2.24, 2.45) is 0 Å². The molecule has 0 atom stereocenters. The largest absolute Gasteiger partial charge is 0.487 e. The number of rotatable bonds is 7. The molecule has 3 aromatic rings. The van der Waals surface area contributed by atoms with Crippen molar-refractivity contribution < 1.29 is 9.53 Å². The molecule has 1 saturated heterocycles. The lowest BCUT2D eigenvalue weighted by atomic mass is 10.1. The van der Waals surface area contributed by atoms with Crippen LogP contribution in [0.1, 0.15) is 21.5 Å². The van der Waals surface area contributed by atoms with Crippen molar-refractivity contribution in [2.75, 3.05) is 13.1 Å². The highest BCUT2D eigenvalue weighted by Gasteiger charge is 2.29. The number of hydrogen-bond donors (Lipinski definition) is 1. The van der Waals surface area contributed by atoms with Crippen molar-refractivity contribution in [3.8, 4) is 5.75 Å². The van der Waals surface area contributed by atoms with Crippen molar-refractivity contribution in [1.82, 2.24) is 10.2 Å². The summed E-state index contributed by atoms with van der Waals surface area (Å²) in [5.41, 5.74) is 3.01. The van der Waals surface area contributed by atoms with E-state index in [9.17, 15) is 4.79 Å². The van der Waals surface area contributed by atoms with E-state index in [0.29, 0.717) is 17.9 Å². The lowest BCUT2D eigenvalue weighted by Gasteiger charge is -2.39. The van der Waals surface area contributed by atoms with Crippen LogP contribution in [0, 0.1) is 0 Å². The van der Waals surface area contributed by atoms with Gasteiger partial charge in [-0.3, -0.25) is 9.69 Å². The van der Waals surface area contributed by atoms with Crippen LogP contribution in [0.2, 0.25) is 0 Å². The molecule has 1 aromatic heterocycles. The van der Waals surface area contributed by atoms with Crippen LogP contribution in [0.3, 0.4) is 0 Å². The highest BCUT2D eigenvalue weighted by molar-refractivity contribution is 7.07. The Labute approximate surface area is 163 Å². The van der Waals surface area contributed by atoms with Gasteiger partial charge in [0.25, 0.3) is 5.91 Å². The number of thiophene rings is 1. The monoisotopic (exact) mass is 378 g/mol. The molecule has 1 N–H and O–H groups in total. The van der Waals surface area contributed by atoms with E-state index < -0.39 is 0 Å². The predicted octanol–water partition coefficient (Wildman–Crippen LogP) is 3.94. The summed E-state index contributed by atoms with van der Waals surface area (Å²) in [6.07, 6.45) is 0.131. The number of carbonyl (C=O) groups is 1. The summed E-state index contributed by atoms with van der Waals surface area (Å²) < 4.78 is 6.10. The minimum Gasteiger partial charge on any atom is -0.487 e. The van der Waals surface area contributed by atoms with Crippen LogP contribution in [-0.4, -0.2) is 30.0 Å². The van der Waals surface area contributed by atoms with Gasteiger partial charge >= 0.3 is 0 Å². The number of ether oxygens (including phenoxy) is 1. The number of likely N-dealkylation sites (tertiary alicyclic amines) is 1. The van der Waals surface area contributed by atoms with Gasteiger partial charge in [0.2, 0.25) is 0 Å². The van der Waals surface area contributed by atoms with Crippen LogP contribution in [0.4, 0.5) is 0 Å². The third-order valence-corrected chi connectivity index (χ3v) is 5.36. The van der Waals surface area contributed by atoms with Crippen LogP contribution in [0.5, 0.6) is 5.75 Å². The standard InChI is InChI=1S/C22H22N2O2S/c25-22(23-12-17-6-2-1-3-7-17)20-8-4-5-9-21(20)26-19-14-24(15-19)13-18-10-11-27-16-18/h1-11,16,19H,12-15H2,(H,23,25). The molecule has 0 aliphatic carbocycles. The maximum atomic E-state index is 12.6. The molecule has 27 heavy (non-hydrogen) atoms. The minimum absolute atomic E-state index is 0.107. The van der Waals surface area contributed by atoms with Crippen molar-refractivity contribution >= 4 is 17.2 Å². The lowest BCUT2D eigenvalue weighted by molar-refractivity contribution is 0.0141. The molecule has 5 heteroatoms. The number of carbonyl (C=O) groups excluding carboxylic acids is 1. The average molecular weight is 378 g/mol. The third-order valence-electron chi connectivity index (χ3n) is 4.63. The zero-order valence-electron chi connectivity index (χ0n) is 15.0. The molecule has 1 amide bonds. The zero-order chi connectivity index (χ0) is 18.5. The Hall–Kier alpha value is -2.63. The predicted molar refractivity (Wildman–Crippen MR) is 108 cm³/mol. The zero-order valence-corrected chi connectivity index (χ0v) is 15.8. The van der Waals surface area contributed by atoms with Gasteiger partial charge in [-0.25, -0.2) is 0 Å². The quantitative estimate of drug-likeness (QED) is 0.677. The van der Waals surface area contributed by atoms with Crippen molar-refractivity contribution in [3.05, 3.63) is 88.1 Å². The first-order valence-electron chi connectivity index (χ1n) is 9.09. The van der Waals surface area contributed by atoms with Gasteiger partial charge < -0.3 is 10.1 Å². The fourth-order valence-electron chi connectivity index (χ4n) is 3.18. The van der Waals surface area contributed by atoms with Crippen molar-refractivity contribution in [3.63, 3.8) is 0 Å². The molecular weight excluding hydrogens is 356 g/mol. The van der Waals surface area contributed by atoms with Crippen LogP contribution >= 0.6 is 11.3 Å². The molecule has 0 spiro atoms. The maximum Gasteiger partial charge on any atom is 0.255 e. The molecule has 1 aliphatic rings. The summed E-state index contributed by atoms with van der Waals surface area (Å²) in [5.74, 6) is 0.548. The van der Waals surface area contributed by atoms with Gasteiger partial charge in [-0.2, -0.15) is 11.3 Å². The van der Waals surface area contributed by atoms with E-state index in [-0.39, 0.29) is 12.0 Å². The second-order valence-electron chi connectivity index (χ2n) is 6.73. The molecule has 138 valence electrons. The molecule has 2 heterocycles. The Bertz CT molecular complexity index is 874. The Morgan fingerprint density at radius 3 is 2.59 bits per heavy atom. The first kappa shape index (κ1) is 17.8. The Kier molecular flexibility index (Phi) is 5.51. The smallest absolute Gasteiger partial charge is 0.255 e. The van der Waals surface area contributed by atoms with Crippen molar-refractivity contribution in [1.29, 1.82) is 0 Å². The fourth-order valence-corrected chi connectivity index (χ4v) is 3.84. The average Bonchev–Trinajstić information content (AvgIpc) is 3.19. The molecule has 0 bridgehead atoms. The summed E-state index contributed by atoms with van der Waals surface area (Å²) in [6.45, 7) is 3.24. The first-order chi connectivity index (χ1) is 13.3. The lowest BCUT2D eigenvalue weighted by Crippen LogP contribution is -2.53. The van der Waals surface area contributed by atoms with Crippen molar-refractivity contribution in [2.45, 2.75) is 19.2 Å². The van der Waals surface area contributed by atoms with E-state index in [0.717, 1.165) is 25.2 Å². The van der Waals surface area contributed by atoms with Gasteiger partial charge in [0, 0.05) is 26.2 Å². The van der Waals surface area contributed by atoms with E-state index in [1.807, 2.05) is 54.6 Å². The highest BCUT2D eigenvalue weighted by atomic mass is 32.1. The van der Waals surface area contributed by atoms with E-state index in [1.54, 1.807) is 11.3 Å². The molecular formula is C22H22N2O2S. The number of benzene rings is 2. The van der Waals surface area contributed by atoms with Crippen LogP contribution in [-0.2, 0) is 13.1 Å². The molecule has 4 rings (SSSR count). The maximum absolute atomic E-state index is 12.6. The van der Waals surface area contributed by atoms with Gasteiger partial charge in [0.15, 0.2) is 0 Å². The minimum atomic E-state index is -0.107. The number of nitrogens with zero attached hydrogens (tertiary/aromatic N) is 1. The molecule has 2 aromatic carbocycles. The van der Waals surface area contributed by atoms with Gasteiger partial charge in [-0.15, -0.1) is 0 Å². The Morgan fingerprint density at radius 1 is 1.04 bits per heavy atom. The third kappa shape index (κ3) is 4.56. The normalized spacial score (nSPS) is 14.5. The Balaban J connectivity index is 1.32. The SMILES string of the molecule is O=C(NCc1ccccc1)c1ccccc1OC1CN(Cc2ccsc2)C1. The Morgan fingerprint density at radius 2 is 1.81 bits per heavy atom. The van der Waals surface area contributed by atoms with Gasteiger partial charge in [0.1, 0.15) is 11.9 Å². The summed E-state index contributed by atoms with van der Waals surface area (Å²) in [7, 11) is 0. The summed E-state index contributed by atoms with van der Waals surface area (Å²) >= 11 is 1.73. The summed E-state index contributed by atoms with van der Waals surface area (Å²) in [6, 6.07) is 19.5. The number of para-hydroxylation sites is 1. The highest BCUT2D eigenvalue weighted by Crippen LogP contribution is 2.24.